The summed E-state index contributed by atoms with van der Waals surface area (Å²) in [6, 6.07) is -0.969. The molecule has 100 valence electrons. The lowest BCUT2D eigenvalue weighted by atomic mass is 10.2. The molecule has 0 bridgehead atoms. The number of carboxylic acid groups (broad SMARTS) is 1. The maximum Gasteiger partial charge on any atom is 0.322 e. The molecule has 0 aliphatic carbocycles. The highest BCUT2D eigenvalue weighted by Gasteiger charge is 2.40. The van der Waals surface area contributed by atoms with E-state index in [9.17, 15) is 13.2 Å². The minimum absolute atomic E-state index is 0.0347. The van der Waals surface area contributed by atoms with Gasteiger partial charge in [-0.15, -0.1) is 0 Å². The first-order valence-electron chi connectivity index (χ1n) is 5.75. The topological polar surface area (TPSA) is 103 Å². The first-order valence-corrected chi connectivity index (χ1v) is 7.19. The van der Waals surface area contributed by atoms with Crippen LogP contribution < -0.4 is 0 Å². The van der Waals surface area contributed by atoms with Crippen molar-refractivity contribution in [3.05, 3.63) is 12.0 Å². The Morgan fingerprint density at radius 3 is 2.94 bits per heavy atom. The second-order valence-electron chi connectivity index (χ2n) is 4.16. The highest BCUT2D eigenvalue weighted by molar-refractivity contribution is 7.89. The van der Waals surface area contributed by atoms with Crippen LogP contribution in [0.1, 0.15) is 25.6 Å². The maximum atomic E-state index is 12.3. The summed E-state index contributed by atoms with van der Waals surface area (Å²) in [6.07, 6.45) is 2.75. The third-order valence-electron chi connectivity index (χ3n) is 3.02. The summed E-state index contributed by atoms with van der Waals surface area (Å²) in [6.45, 7) is 2.09. The lowest BCUT2D eigenvalue weighted by Gasteiger charge is -2.19. The second kappa shape index (κ2) is 4.69. The average molecular weight is 273 g/mol. The van der Waals surface area contributed by atoms with E-state index in [1.54, 1.807) is 0 Å². The summed E-state index contributed by atoms with van der Waals surface area (Å²) < 4.78 is 25.6. The normalized spacial score (nSPS) is 21.3. The molecule has 0 spiro atoms. The molecule has 0 unspecified atom stereocenters. The van der Waals surface area contributed by atoms with Crippen molar-refractivity contribution >= 4 is 16.0 Å². The molecule has 0 aromatic carbocycles. The zero-order chi connectivity index (χ0) is 13.3. The maximum absolute atomic E-state index is 12.3. The summed E-state index contributed by atoms with van der Waals surface area (Å²) in [5.41, 5.74) is 0. The number of H-pyrrole nitrogens is 1. The van der Waals surface area contributed by atoms with Gasteiger partial charge >= 0.3 is 5.97 Å². The van der Waals surface area contributed by atoms with Gasteiger partial charge in [0, 0.05) is 13.0 Å². The third kappa shape index (κ3) is 2.13. The molecule has 1 fully saturated rings. The van der Waals surface area contributed by atoms with Crippen molar-refractivity contribution in [1.29, 1.82) is 0 Å². The molecule has 1 aromatic heterocycles. The Morgan fingerprint density at radius 2 is 2.39 bits per heavy atom. The predicted octanol–water partition coefficient (Wildman–Crippen LogP) is 0.210. The molecule has 1 aromatic rings. The number of sulfonamides is 1. The van der Waals surface area contributed by atoms with E-state index in [2.05, 4.69) is 9.97 Å². The fourth-order valence-corrected chi connectivity index (χ4v) is 3.64. The van der Waals surface area contributed by atoms with Crippen molar-refractivity contribution in [1.82, 2.24) is 14.3 Å². The van der Waals surface area contributed by atoms with Crippen molar-refractivity contribution in [2.45, 2.75) is 37.3 Å². The quantitative estimate of drug-likeness (QED) is 0.816. The fourth-order valence-electron chi connectivity index (χ4n) is 2.06. The van der Waals surface area contributed by atoms with Crippen LogP contribution in [0.3, 0.4) is 0 Å². The van der Waals surface area contributed by atoms with Crippen LogP contribution in [0.15, 0.2) is 11.2 Å². The minimum atomic E-state index is -3.79. The van der Waals surface area contributed by atoms with Crippen molar-refractivity contribution in [2.75, 3.05) is 6.54 Å². The first-order chi connectivity index (χ1) is 8.46. The van der Waals surface area contributed by atoms with E-state index in [0.29, 0.717) is 25.1 Å². The number of hydrogen-bond donors (Lipinski definition) is 2. The van der Waals surface area contributed by atoms with Crippen LogP contribution in [0.25, 0.3) is 0 Å². The number of nitrogens with one attached hydrogen (secondary N) is 1. The highest BCUT2D eigenvalue weighted by atomic mass is 32.2. The summed E-state index contributed by atoms with van der Waals surface area (Å²) >= 11 is 0. The van der Waals surface area contributed by atoms with E-state index in [4.69, 9.17) is 5.11 Å². The average Bonchev–Trinajstić information content (AvgIpc) is 2.98. The van der Waals surface area contributed by atoms with Gasteiger partial charge in [-0.25, -0.2) is 13.4 Å². The standard InChI is InChI=1S/C10H15N3O4S/c1-2-8-11-6-9(12-8)18(16,17)13-5-3-4-7(13)10(14)15/h6-7H,2-5H2,1H3,(H,11,12)(H,14,15)/t7-/m0/s1. The number of aromatic nitrogens is 2. The first kappa shape index (κ1) is 13.0. The van der Waals surface area contributed by atoms with E-state index >= 15 is 0 Å². The Kier molecular flexibility index (Phi) is 3.40. The molecule has 8 heteroatoms. The molecule has 2 heterocycles. The molecule has 0 saturated carbocycles. The van der Waals surface area contributed by atoms with Gasteiger partial charge < -0.3 is 10.1 Å². The number of carbonyl (C=O) groups is 1. The lowest BCUT2D eigenvalue weighted by Crippen LogP contribution is -2.40. The van der Waals surface area contributed by atoms with Gasteiger partial charge in [0.1, 0.15) is 11.9 Å². The van der Waals surface area contributed by atoms with Crippen LogP contribution in [0.2, 0.25) is 0 Å². The Labute approximate surface area is 105 Å². The van der Waals surface area contributed by atoms with Crippen LogP contribution >= 0.6 is 0 Å². The predicted molar refractivity (Wildman–Crippen MR) is 62.5 cm³/mol. The molecule has 1 aliphatic rings. The molecule has 1 aliphatic heterocycles. The Hall–Kier alpha value is -1.41. The van der Waals surface area contributed by atoms with Crippen molar-refractivity contribution in [2.24, 2.45) is 0 Å². The van der Waals surface area contributed by atoms with Gasteiger partial charge in [-0.1, -0.05) is 6.92 Å². The van der Waals surface area contributed by atoms with E-state index in [1.165, 1.54) is 6.20 Å². The third-order valence-corrected chi connectivity index (χ3v) is 4.83. The van der Waals surface area contributed by atoms with Crippen molar-refractivity contribution in [3.63, 3.8) is 0 Å². The molecular formula is C10H15N3O4S. The van der Waals surface area contributed by atoms with E-state index in [1.807, 2.05) is 6.92 Å². The van der Waals surface area contributed by atoms with Crippen LogP contribution in [0.5, 0.6) is 0 Å². The lowest BCUT2D eigenvalue weighted by molar-refractivity contribution is -0.140. The molecular weight excluding hydrogens is 258 g/mol. The molecule has 0 amide bonds. The second-order valence-corrected chi connectivity index (χ2v) is 6.02. The summed E-state index contributed by atoms with van der Waals surface area (Å²) in [5, 5.41) is 8.98. The van der Waals surface area contributed by atoms with Crippen LogP contribution in [0.4, 0.5) is 0 Å². The SMILES string of the molecule is CCc1ncc(S(=O)(=O)N2CCC[C@H]2C(=O)O)[nH]1. The van der Waals surface area contributed by atoms with E-state index in [-0.39, 0.29) is 11.6 Å². The number of rotatable bonds is 4. The Morgan fingerprint density at radius 1 is 1.67 bits per heavy atom. The largest absolute Gasteiger partial charge is 0.480 e. The summed E-state index contributed by atoms with van der Waals surface area (Å²) in [4.78, 5) is 17.7. The van der Waals surface area contributed by atoms with Crippen molar-refractivity contribution in [3.8, 4) is 0 Å². The summed E-state index contributed by atoms with van der Waals surface area (Å²) in [5.74, 6) is -0.536. The number of imidazole rings is 1. The number of aromatic amines is 1. The van der Waals surface area contributed by atoms with Gasteiger partial charge in [-0.2, -0.15) is 4.31 Å². The van der Waals surface area contributed by atoms with Gasteiger partial charge in [-0.3, -0.25) is 4.79 Å². The molecule has 1 saturated heterocycles. The molecule has 18 heavy (non-hydrogen) atoms. The zero-order valence-corrected chi connectivity index (χ0v) is 10.8. The monoisotopic (exact) mass is 273 g/mol. The molecule has 7 nitrogen and oxygen atoms in total. The van der Waals surface area contributed by atoms with Gasteiger partial charge in [-0.05, 0) is 12.8 Å². The number of nitrogens with zero attached hydrogens (tertiary/aromatic N) is 2. The van der Waals surface area contributed by atoms with Gasteiger partial charge in [0.25, 0.3) is 10.0 Å². The van der Waals surface area contributed by atoms with E-state index < -0.39 is 22.0 Å². The molecule has 0 radical (unpaired) electrons. The van der Waals surface area contributed by atoms with Crippen molar-refractivity contribution < 1.29 is 18.3 Å². The zero-order valence-electron chi connectivity index (χ0n) is 9.96. The highest BCUT2D eigenvalue weighted by Crippen LogP contribution is 2.25. The minimum Gasteiger partial charge on any atom is -0.480 e. The number of hydrogen-bond acceptors (Lipinski definition) is 4. The molecule has 1 atom stereocenters. The van der Waals surface area contributed by atoms with E-state index in [0.717, 1.165) is 4.31 Å². The van der Waals surface area contributed by atoms with Gasteiger partial charge in [0.15, 0.2) is 5.03 Å². The summed E-state index contributed by atoms with van der Waals surface area (Å²) in [7, 11) is -3.79. The fraction of sp³-hybridized carbons (Fsp3) is 0.600. The van der Waals surface area contributed by atoms with Gasteiger partial charge in [0.2, 0.25) is 0 Å². The van der Waals surface area contributed by atoms with Gasteiger partial charge in [0.05, 0.1) is 6.20 Å². The smallest absolute Gasteiger partial charge is 0.322 e. The number of aliphatic carboxylic acids is 1. The van der Waals surface area contributed by atoms with Crippen LogP contribution in [-0.4, -0.2) is 46.4 Å². The van der Waals surface area contributed by atoms with Crippen LogP contribution in [-0.2, 0) is 21.2 Å². The Balaban J connectivity index is 2.33. The van der Waals surface area contributed by atoms with Crippen LogP contribution in [0, 0.1) is 0 Å². The number of carboxylic acids is 1. The number of aryl methyl sites for hydroxylation is 1. The molecule has 2 N–H and O–H groups in total. The molecule has 2 rings (SSSR count). The Bertz CT molecular complexity index is 551.